The first-order chi connectivity index (χ1) is 12.0. The van der Waals surface area contributed by atoms with Crippen LogP contribution in [-0.2, 0) is 17.9 Å². The number of nitrogens with zero attached hydrogens (tertiary/aromatic N) is 2. The Morgan fingerprint density at radius 1 is 1.08 bits per heavy atom. The molecule has 0 fully saturated rings. The lowest BCUT2D eigenvalue weighted by atomic mass is 10.2. The van der Waals surface area contributed by atoms with Crippen LogP contribution in [0.25, 0.3) is 10.8 Å². The van der Waals surface area contributed by atoms with E-state index in [4.69, 9.17) is 11.6 Å². The third-order valence-electron chi connectivity index (χ3n) is 3.94. The maximum absolute atomic E-state index is 12.4. The van der Waals surface area contributed by atoms with Crippen LogP contribution in [0.15, 0.2) is 58.1 Å². The topological polar surface area (TPSA) is 75.2 Å². The van der Waals surface area contributed by atoms with Crippen molar-refractivity contribution >= 4 is 28.3 Å². The molecule has 25 heavy (non-hydrogen) atoms. The van der Waals surface area contributed by atoms with Crippen molar-refractivity contribution in [2.75, 3.05) is 7.05 Å². The second kappa shape index (κ2) is 6.94. The molecule has 0 atom stereocenters. The Morgan fingerprint density at radius 2 is 1.72 bits per heavy atom. The molecule has 0 aliphatic rings. The number of H-pyrrole nitrogens is 1. The van der Waals surface area contributed by atoms with Crippen LogP contribution in [0.3, 0.4) is 0 Å². The summed E-state index contributed by atoms with van der Waals surface area (Å²) in [7, 11) is 1.64. The van der Waals surface area contributed by atoms with Gasteiger partial charge in [-0.2, -0.15) is 0 Å². The number of amides is 1. The van der Waals surface area contributed by atoms with Crippen LogP contribution < -0.4 is 11.1 Å². The van der Waals surface area contributed by atoms with Crippen molar-refractivity contribution in [2.24, 2.45) is 0 Å². The molecule has 1 amide bonds. The number of halogens is 1. The van der Waals surface area contributed by atoms with Gasteiger partial charge in [-0.15, -0.1) is 0 Å². The third kappa shape index (κ3) is 3.64. The van der Waals surface area contributed by atoms with Crippen LogP contribution in [0.4, 0.5) is 0 Å². The van der Waals surface area contributed by atoms with E-state index in [0.29, 0.717) is 22.3 Å². The van der Waals surface area contributed by atoms with Gasteiger partial charge in [0.2, 0.25) is 5.91 Å². The third-order valence-corrected chi connectivity index (χ3v) is 4.19. The van der Waals surface area contributed by atoms with Crippen LogP contribution in [0.2, 0.25) is 5.02 Å². The minimum atomic E-state index is -0.400. The van der Waals surface area contributed by atoms with Crippen molar-refractivity contribution in [3.63, 3.8) is 0 Å². The zero-order valence-corrected chi connectivity index (χ0v) is 14.3. The summed E-state index contributed by atoms with van der Waals surface area (Å²) in [6.07, 6.45) is 0. The quantitative estimate of drug-likeness (QED) is 0.776. The monoisotopic (exact) mass is 357 g/mol. The Kier molecular flexibility index (Phi) is 4.72. The molecule has 128 valence electrons. The SMILES string of the molecule is CN(Cc1ccc(Cl)cc1)C(=O)Cn1[nH]c(=O)c2ccccc2c1=O. The van der Waals surface area contributed by atoms with Crippen LogP contribution in [0, 0.1) is 0 Å². The smallest absolute Gasteiger partial charge is 0.273 e. The molecule has 0 radical (unpaired) electrons. The van der Waals surface area contributed by atoms with Crippen molar-refractivity contribution in [3.8, 4) is 0 Å². The van der Waals surface area contributed by atoms with E-state index in [1.54, 1.807) is 43.4 Å². The van der Waals surface area contributed by atoms with Gasteiger partial charge >= 0.3 is 0 Å². The highest BCUT2D eigenvalue weighted by Crippen LogP contribution is 2.11. The number of rotatable bonds is 4. The van der Waals surface area contributed by atoms with Crippen LogP contribution >= 0.6 is 11.6 Å². The van der Waals surface area contributed by atoms with Crippen LogP contribution in [0.1, 0.15) is 5.56 Å². The molecule has 0 saturated heterocycles. The summed E-state index contributed by atoms with van der Waals surface area (Å²) in [6, 6.07) is 13.7. The number of nitrogens with one attached hydrogen (secondary N) is 1. The molecule has 0 unspecified atom stereocenters. The molecular formula is C18H16ClN3O3. The van der Waals surface area contributed by atoms with Gasteiger partial charge in [0, 0.05) is 18.6 Å². The highest BCUT2D eigenvalue weighted by atomic mass is 35.5. The van der Waals surface area contributed by atoms with Crippen LogP contribution in [0.5, 0.6) is 0 Å². The number of aromatic amines is 1. The molecule has 7 heteroatoms. The van der Waals surface area contributed by atoms with E-state index < -0.39 is 11.1 Å². The predicted molar refractivity (Wildman–Crippen MR) is 96.8 cm³/mol. The standard InChI is InChI=1S/C18H16ClN3O3/c1-21(10-12-6-8-13(19)9-7-12)16(23)11-22-18(25)15-5-3-2-4-14(15)17(24)20-22/h2-9H,10-11H2,1H3,(H,20,24). The molecule has 0 bridgehead atoms. The Bertz CT molecular complexity index is 1040. The number of hydrogen-bond donors (Lipinski definition) is 1. The average molecular weight is 358 g/mol. The highest BCUT2D eigenvalue weighted by Gasteiger charge is 2.13. The molecule has 6 nitrogen and oxygen atoms in total. The van der Waals surface area contributed by atoms with Crippen molar-refractivity contribution in [2.45, 2.75) is 13.1 Å². The lowest BCUT2D eigenvalue weighted by Gasteiger charge is -2.18. The first kappa shape index (κ1) is 17.0. The van der Waals surface area contributed by atoms with E-state index in [9.17, 15) is 14.4 Å². The van der Waals surface area contributed by atoms with E-state index >= 15 is 0 Å². The minimum Gasteiger partial charge on any atom is -0.340 e. The Balaban J connectivity index is 1.82. The second-order valence-corrected chi connectivity index (χ2v) is 6.19. The first-order valence-corrected chi connectivity index (χ1v) is 8.04. The predicted octanol–water partition coefficient (Wildman–Crippen LogP) is 2.00. The summed E-state index contributed by atoms with van der Waals surface area (Å²) in [5.74, 6) is -0.289. The summed E-state index contributed by atoms with van der Waals surface area (Å²) >= 11 is 5.85. The van der Waals surface area contributed by atoms with Gasteiger partial charge in [0.05, 0.1) is 10.8 Å². The van der Waals surface area contributed by atoms with Gasteiger partial charge in [-0.05, 0) is 29.8 Å². The zero-order chi connectivity index (χ0) is 18.0. The van der Waals surface area contributed by atoms with Gasteiger partial charge in [-0.25, -0.2) is 4.68 Å². The highest BCUT2D eigenvalue weighted by molar-refractivity contribution is 6.30. The summed E-state index contributed by atoms with van der Waals surface area (Å²) in [6.45, 7) is 0.144. The van der Waals surface area contributed by atoms with Crippen molar-refractivity contribution in [1.29, 1.82) is 0 Å². The molecule has 2 aromatic carbocycles. The normalized spacial score (nSPS) is 10.8. The van der Waals surface area contributed by atoms with E-state index in [0.717, 1.165) is 10.2 Å². The number of fused-ring (bicyclic) bond motifs is 1. The number of carbonyl (C=O) groups is 1. The van der Waals surface area contributed by atoms with Gasteiger partial charge in [0.1, 0.15) is 6.54 Å². The summed E-state index contributed by atoms with van der Waals surface area (Å²) in [4.78, 5) is 38.4. The molecule has 1 N–H and O–H groups in total. The Hall–Kier alpha value is -2.86. The van der Waals surface area contributed by atoms with Crippen molar-refractivity contribution < 1.29 is 4.79 Å². The number of aromatic nitrogens is 2. The number of benzene rings is 2. The van der Waals surface area contributed by atoms with E-state index in [1.807, 2.05) is 12.1 Å². The van der Waals surface area contributed by atoms with Crippen LogP contribution in [-0.4, -0.2) is 27.6 Å². The zero-order valence-electron chi connectivity index (χ0n) is 13.5. The van der Waals surface area contributed by atoms with E-state index in [-0.39, 0.29) is 12.5 Å². The van der Waals surface area contributed by atoms with Gasteiger partial charge in [-0.3, -0.25) is 19.5 Å². The number of hydrogen-bond acceptors (Lipinski definition) is 3. The Labute approximate surface area is 148 Å². The molecule has 1 heterocycles. The fraction of sp³-hybridized carbons (Fsp3) is 0.167. The molecule has 0 aliphatic heterocycles. The molecular weight excluding hydrogens is 342 g/mol. The first-order valence-electron chi connectivity index (χ1n) is 7.66. The second-order valence-electron chi connectivity index (χ2n) is 5.75. The Morgan fingerprint density at radius 3 is 2.40 bits per heavy atom. The van der Waals surface area contributed by atoms with Crippen molar-refractivity contribution in [3.05, 3.63) is 79.8 Å². The lowest BCUT2D eigenvalue weighted by Crippen LogP contribution is -2.37. The maximum atomic E-state index is 12.4. The number of carbonyl (C=O) groups excluding carboxylic acids is 1. The van der Waals surface area contributed by atoms with Crippen molar-refractivity contribution in [1.82, 2.24) is 14.7 Å². The summed E-state index contributed by atoms with van der Waals surface area (Å²) in [5, 5.41) is 3.68. The summed E-state index contributed by atoms with van der Waals surface area (Å²) in [5.41, 5.74) is 0.117. The fourth-order valence-corrected chi connectivity index (χ4v) is 2.69. The van der Waals surface area contributed by atoms with Gasteiger partial charge in [-0.1, -0.05) is 35.9 Å². The molecule has 1 aromatic heterocycles. The summed E-state index contributed by atoms with van der Waals surface area (Å²) < 4.78 is 1.05. The molecule has 0 spiro atoms. The molecule has 0 saturated carbocycles. The maximum Gasteiger partial charge on any atom is 0.273 e. The van der Waals surface area contributed by atoms with Gasteiger partial charge < -0.3 is 4.90 Å². The molecule has 0 aliphatic carbocycles. The molecule has 3 rings (SSSR count). The largest absolute Gasteiger partial charge is 0.340 e. The average Bonchev–Trinajstić information content (AvgIpc) is 2.61. The fourth-order valence-electron chi connectivity index (χ4n) is 2.57. The van der Waals surface area contributed by atoms with Gasteiger partial charge in [0.15, 0.2) is 0 Å². The molecule has 3 aromatic rings. The van der Waals surface area contributed by atoms with E-state index in [1.165, 1.54) is 4.90 Å². The van der Waals surface area contributed by atoms with E-state index in [2.05, 4.69) is 5.10 Å². The van der Waals surface area contributed by atoms with Gasteiger partial charge in [0.25, 0.3) is 11.1 Å². The number of likely N-dealkylation sites (N-methyl/N-ethyl adjacent to an activating group) is 1. The lowest BCUT2D eigenvalue weighted by molar-refractivity contribution is -0.131. The minimum absolute atomic E-state index is 0.233.